The second kappa shape index (κ2) is 7.46. The zero-order valence-corrected chi connectivity index (χ0v) is 17.6. The molecule has 1 saturated heterocycles. The van der Waals surface area contributed by atoms with Gasteiger partial charge >= 0.3 is 0 Å². The van der Waals surface area contributed by atoms with Gasteiger partial charge in [0.1, 0.15) is 15.9 Å². The minimum absolute atomic E-state index is 0.00241. The Labute approximate surface area is 177 Å². The number of benzene rings is 2. The second-order valence-electron chi connectivity index (χ2n) is 7.21. The first kappa shape index (κ1) is 19.2. The number of piperazine rings is 1. The van der Waals surface area contributed by atoms with Crippen LogP contribution >= 0.6 is 11.7 Å². The van der Waals surface area contributed by atoms with E-state index in [2.05, 4.69) is 13.7 Å². The number of aromatic nitrogens is 3. The van der Waals surface area contributed by atoms with Gasteiger partial charge in [-0.2, -0.15) is 13.1 Å². The Morgan fingerprint density at radius 2 is 1.83 bits per heavy atom. The SMILES string of the molecule is O=C(Cc1c[nH]c2ccccc12)N1CCN(S(=O)(=O)c2cccc3nsnc23)CC1. The van der Waals surface area contributed by atoms with Gasteiger partial charge in [-0.3, -0.25) is 4.79 Å². The highest BCUT2D eigenvalue weighted by Crippen LogP contribution is 2.25. The Balaban J connectivity index is 1.29. The normalized spacial score (nSPS) is 15.8. The van der Waals surface area contributed by atoms with E-state index in [0.29, 0.717) is 30.5 Å². The van der Waals surface area contributed by atoms with Crippen molar-refractivity contribution in [2.45, 2.75) is 11.3 Å². The third-order valence-corrected chi connectivity index (χ3v) is 7.95. The number of para-hydroxylation sites is 1. The van der Waals surface area contributed by atoms with Gasteiger partial charge in [-0.05, 0) is 23.8 Å². The number of H-pyrrole nitrogens is 1. The maximum atomic E-state index is 13.1. The van der Waals surface area contributed by atoms with E-state index in [4.69, 9.17) is 0 Å². The van der Waals surface area contributed by atoms with Crippen LogP contribution in [-0.4, -0.2) is 63.4 Å². The molecule has 2 aromatic carbocycles. The average molecular weight is 442 g/mol. The highest BCUT2D eigenvalue weighted by atomic mass is 32.2. The first-order valence-corrected chi connectivity index (χ1v) is 11.8. The number of carbonyl (C=O) groups is 1. The number of aromatic amines is 1. The lowest BCUT2D eigenvalue weighted by Crippen LogP contribution is -2.50. The number of hydrogen-bond acceptors (Lipinski definition) is 6. The summed E-state index contributed by atoms with van der Waals surface area (Å²) in [6.45, 7) is 1.25. The number of nitrogens with one attached hydrogen (secondary N) is 1. The molecule has 8 nitrogen and oxygen atoms in total. The maximum absolute atomic E-state index is 13.1. The number of hydrogen-bond donors (Lipinski definition) is 1. The highest BCUT2D eigenvalue weighted by Gasteiger charge is 2.32. The predicted molar refractivity (Wildman–Crippen MR) is 115 cm³/mol. The van der Waals surface area contributed by atoms with Gasteiger partial charge in [0.05, 0.1) is 18.1 Å². The van der Waals surface area contributed by atoms with E-state index in [9.17, 15) is 13.2 Å². The largest absolute Gasteiger partial charge is 0.361 e. The molecule has 4 aromatic rings. The third-order valence-electron chi connectivity index (χ3n) is 5.47. The van der Waals surface area contributed by atoms with Crippen LogP contribution < -0.4 is 0 Å². The van der Waals surface area contributed by atoms with Crippen LogP contribution in [0.2, 0.25) is 0 Å². The molecule has 10 heteroatoms. The minimum Gasteiger partial charge on any atom is -0.361 e. The van der Waals surface area contributed by atoms with Crippen molar-refractivity contribution < 1.29 is 13.2 Å². The van der Waals surface area contributed by atoms with E-state index in [1.54, 1.807) is 23.1 Å². The van der Waals surface area contributed by atoms with Crippen LogP contribution in [0.1, 0.15) is 5.56 Å². The third kappa shape index (κ3) is 3.26. The summed E-state index contributed by atoms with van der Waals surface area (Å²) in [5.74, 6) is 0.00241. The second-order valence-corrected chi connectivity index (χ2v) is 9.64. The van der Waals surface area contributed by atoms with Crippen LogP contribution in [0.4, 0.5) is 0 Å². The number of rotatable bonds is 4. The summed E-state index contributed by atoms with van der Waals surface area (Å²) >= 11 is 0.998. The lowest BCUT2D eigenvalue weighted by atomic mass is 10.1. The molecule has 3 heterocycles. The molecular formula is C20H19N5O3S2. The van der Waals surface area contributed by atoms with Crippen LogP contribution in [-0.2, 0) is 21.2 Å². The summed E-state index contributed by atoms with van der Waals surface area (Å²) in [5, 5.41) is 1.04. The molecule has 1 aliphatic rings. The fourth-order valence-electron chi connectivity index (χ4n) is 3.86. The van der Waals surface area contributed by atoms with Gasteiger partial charge in [-0.25, -0.2) is 8.42 Å². The lowest BCUT2D eigenvalue weighted by Gasteiger charge is -2.34. The Morgan fingerprint density at radius 3 is 2.67 bits per heavy atom. The molecule has 0 atom stereocenters. The van der Waals surface area contributed by atoms with E-state index < -0.39 is 10.0 Å². The first-order valence-electron chi connectivity index (χ1n) is 9.58. The quantitative estimate of drug-likeness (QED) is 0.524. The number of carbonyl (C=O) groups excluding carboxylic acids is 1. The molecule has 0 saturated carbocycles. The van der Waals surface area contributed by atoms with E-state index in [-0.39, 0.29) is 23.9 Å². The molecule has 1 aliphatic heterocycles. The lowest BCUT2D eigenvalue weighted by molar-refractivity contribution is -0.131. The van der Waals surface area contributed by atoms with Crippen molar-refractivity contribution in [1.29, 1.82) is 0 Å². The first-order chi connectivity index (χ1) is 14.5. The predicted octanol–water partition coefficient (Wildman–Crippen LogP) is 2.25. The summed E-state index contributed by atoms with van der Waals surface area (Å²) in [7, 11) is -3.69. The van der Waals surface area contributed by atoms with Gasteiger partial charge < -0.3 is 9.88 Å². The van der Waals surface area contributed by atoms with E-state index in [1.165, 1.54) is 4.31 Å². The summed E-state index contributed by atoms with van der Waals surface area (Å²) < 4.78 is 36.0. The summed E-state index contributed by atoms with van der Waals surface area (Å²) in [6, 6.07) is 12.9. The fourth-order valence-corrected chi connectivity index (χ4v) is 6.03. The zero-order chi connectivity index (χ0) is 20.7. The molecule has 0 aliphatic carbocycles. The molecule has 0 bridgehead atoms. The molecule has 0 radical (unpaired) electrons. The van der Waals surface area contributed by atoms with Crippen molar-refractivity contribution in [3.63, 3.8) is 0 Å². The number of nitrogens with zero attached hydrogens (tertiary/aromatic N) is 4. The molecule has 30 heavy (non-hydrogen) atoms. The van der Waals surface area contributed by atoms with Crippen molar-refractivity contribution in [3.8, 4) is 0 Å². The molecule has 0 spiro atoms. The molecule has 1 amide bonds. The van der Waals surface area contributed by atoms with Gasteiger partial charge in [0.2, 0.25) is 15.9 Å². The summed E-state index contributed by atoms with van der Waals surface area (Å²) in [5.41, 5.74) is 2.93. The van der Waals surface area contributed by atoms with Crippen molar-refractivity contribution in [2.24, 2.45) is 0 Å². The van der Waals surface area contributed by atoms with Gasteiger partial charge in [0.25, 0.3) is 0 Å². The fraction of sp³-hybridized carbons (Fsp3) is 0.250. The molecular weight excluding hydrogens is 422 g/mol. The Morgan fingerprint density at radius 1 is 1.03 bits per heavy atom. The van der Waals surface area contributed by atoms with Crippen LogP contribution in [0, 0.1) is 0 Å². The topological polar surface area (TPSA) is 99.3 Å². The number of fused-ring (bicyclic) bond motifs is 2. The molecule has 2 aromatic heterocycles. The molecule has 5 rings (SSSR count). The standard InChI is InChI=1S/C20H19N5O3S2/c26-19(12-14-13-21-16-5-2-1-4-15(14)16)24-8-10-25(11-9-24)30(27,28)18-7-3-6-17-20(18)23-29-22-17/h1-7,13,21H,8-12H2. The Bertz CT molecular complexity index is 1340. The van der Waals surface area contributed by atoms with E-state index >= 15 is 0 Å². The molecule has 1 N–H and O–H groups in total. The van der Waals surface area contributed by atoms with Gasteiger partial charge in [-0.15, -0.1) is 0 Å². The van der Waals surface area contributed by atoms with Crippen molar-refractivity contribution in [3.05, 3.63) is 54.2 Å². The minimum atomic E-state index is -3.69. The van der Waals surface area contributed by atoms with Gasteiger partial charge in [0, 0.05) is 43.3 Å². The number of amides is 1. The van der Waals surface area contributed by atoms with Crippen molar-refractivity contribution in [1.82, 2.24) is 22.9 Å². The molecule has 1 fully saturated rings. The monoisotopic (exact) mass is 441 g/mol. The van der Waals surface area contributed by atoms with Crippen LogP contribution in [0.25, 0.3) is 21.9 Å². The smallest absolute Gasteiger partial charge is 0.245 e. The summed E-state index contributed by atoms with van der Waals surface area (Å²) in [6.07, 6.45) is 2.16. The van der Waals surface area contributed by atoms with Crippen LogP contribution in [0.5, 0.6) is 0 Å². The van der Waals surface area contributed by atoms with E-state index in [0.717, 1.165) is 28.2 Å². The average Bonchev–Trinajstić information content (AvgIpc) is 3.41. The van der Waals surface area contributed by atoms with Crippen molar-refractivity contribution >= 4 is 49.6 Å². The Kier molecular flexibility index (Phi) is 4.76. The van der Waals surface area contributed by atoms with Gasteiger partial charge in [0.15, 0.2) is 0 Å². The van der Waals surface area contributed by atoms with Crippen molar-refractivity contribution in [2.75, 3.05) is 26.2 Å². The van der Waals surface area contributed by atoms with Crippen LogP contribution in [0.3, 0.4) is 0 Å². The summed E-state index contributed by atoms with van der Waals surface area (Å²) in [4.78, 5) is 17.9. The highest BCUT2D eigenvalue weighted by molar-refractivity contribution is 7.89. The number of sulfonamides is 1. The van der Waals surface area contributed by atoms with Gasteiger partial charge in [-0.1, -0.05) is 24.3 Å². The van der Waals surface area contributed by atoms with Crippen LogP contribution in [0.15, 0.2) is 53.6 Å². The zero-order valence-electron chi connectivity index (χ0n) is 16.0. The maximum Gasteiger partial charge on any atom is 0.245 e. The molecule has 0 unspecified atom stereocenters. The Hall–Kier alpha value is -2.82. The molecule has 154 valence electrons. The van der Waals surface area contributed by atoms with E-state index in [1.807, 2.05) is 30.5 Å².